The van der Waals surface area contributed by atoms with Crippen LogP contribution in [0.2, 0.25) is 0 Å². The van der Waals surface area contributed by atoms with E-state index in [0.717, 1.165) is 4.88 Å². The molecule has 5 nitrogen and oxygen atoms in total. The van der Waals surface area contributed by atoms with Gasteiger partial charge in [0.05, 0.1) is 6.04 Å². The van der Waals surface area contributed by atoms with Crippen LogP contribution < -0.4 is 5.32 Å². The summed E-state index contributed by atoms with van der Waals surface area (Å²) in [6, 6.07) is 7.44. The minimum atomic E-state index is -0.477. The summed E-state index contributed by atoms with van der Waals surface area (Å²) in [6.07, 6.45) is 1.42. The van der Waals surface area contributed by atoms with Gasteiger partial charge in [-0.3, -0.25) is 0 Å². The monoisotopic (exact) mass is 263 g/mol. The van der Waals surface area contributed by atoms with Crippen molar-refractivity contribution in [3.63, 3.8) is 0 Å². The van der Waals surface area contributed by atoms with E-state index in [1.165, 1.54) is 11.1 Å². The van der Waals surface area contributed by atoms with Crippen molar-refractivity contribution >= 4 is 22.8 Å². The molecule has 1 N–H and O–H groups in total. The molecule has 0 spiro atoms. The van der Waals surface area contributed by atoms with Crippen LogP contribution in [0.4, 0.5) is 11.5 Å². The van der Waals surface area contributed by atoms with Crippen LogP contribution in [0.5, 0.6) is 0 Å². The fourth-order valence-electron chi connectivity index (χ4n) is 1.65. The van der Waals surface area contributed by atoms with Gasteiger partial charge in [-0.05, 0) is 48.0 Å². The van der Waals surface area contributed by atoms with Gasteiger partial charge in [0.2, 0.25) is 0 Å². The number of anilines is 1. The molecule has 0 aromatic carbocycles. The normalized spacial score (nSPS) is 12.1. The zero-order valence-corrected chi connectivity index (χ0v) is 10.9. The summed E-state index contributed by atoms with van der Waals surface area (Å²) in [4.78, 5) is 16.5. The van der Waals surface area contributed by atoms with Gasteiger partial charge in [0, 0.05) is 9.75 Å². The van der Waals surface area contributed by atoms with Crippen LogP contribution in [0.3, 0.4) is 0 Å². The molecule has 1 atom stereocenters. The van der Waals surface area contributed by atoms with Crippen molar-refractivity contribution in [3.8, 4) is 0 Å². The number of nitrogens with one attached hydrogen (secondary N) is 1. The predicted octanol–water partition coefficient (Wildman–Crippen LogP) is 3.53. The lowest BCUT2D eigenvalue weighted by molar-refractivity contribution is -0.388. The lowest BCUT2D eigenvalue weighted by Crippen LogP contribution is -2.07. The summed E-state index contributed by atoms with van der Waals surface area (Å²) in [6.45, 7) is 4.01. The molecule has 2 rings (SSSR count). The van der Waals surface area contributed by atoms with E-state index in [9.17, 15) is 10.1 Å². The van der Waals surface area contributed by atoms with E-state index >= 15 is 0 Å². The number of thiophene rings is 1. The highest BCUT2D eigenvalue weighted by Crippen LogP contribution is 2.28. The first kappa shape index (κ1) is 12.5. The smallest absolute Gasteiger partial charge is 0.371 e. The SMILES string of the molecule is Cc1ccc(C(C)Nc2cccnc2[N+](=O)[O-])s1. The van der Waals surface area contributed by atoms with Gasteiger partial charge < -0.3 is 15.4 Å². The largest absolute Gasteiger partial charge is 0.386 e. The summed E-state index contributed by atoms with van der Waals surface area (Å²) in [5.74, 6) is -0.141. The zero-order valence-electron chi connectivity index (χ0n) is 10.1. The third-order valence-corrected chi connectivity index (χ3v) is 3.70. The first-order valence-electron chi connectivity index (χ1n) is 5.50. The summed E-state index contributed by atoms with van der Waals surface area (Å²) >= 11 is 1.68. The molecule has 2 heterocycles. The molecule has 18 heavy (non-hydrogen) atoms. The van der Waals surface area contributed by atoms with Crippen molar-refractivity contribution < 1.29 is 4.92 Å². The number of nitrogens with zero attached hydrogens (tertiary/aromatic N) is 2. The molecular weight excluding hydrogens is 250 g/mol. The van der Waals surface area contributed by atoms with Crippen LogP contribution in [0.1, 0.15) is 22.7 Å². The Balaban J connectivity index is 2.21. The molecule has 0 saturated carbocycles. The average molecular weight is 263 g/mol. The molecule has 2 aromatic heterocycles. The minimum Gasteiger partial charge on any atom is -0.371 e. The first-order valence-corrected chi connectivity index (χ1v) is 6.32. The molecule has 0 aliphatic heterocycles. The quantitative estimate of drug-likeness (QED) is 0.676. The molecule has 0 saturated heterocycles. The molecule has 0 aliphatic rings. The van der Waals surface area contributed by atoms with Gasteiger partial charge in [0.25, 0.3) is 0 Å². The summed E-state index contributed by atoms with van der Waals surface area (Å²) in [5.41, 5.74) is 0.445. The van der Waals surface area contributed by atoms with Crippen molar-refractivity contribution in [2.75, 3.05) is 5.32 Å². The van der Waals surface area contributed by atoms with Crippen molar-refractivity contribution in [3.05, 3.63) is 50.3 Å². The molecule has 0 bridgehead atoms. The number of hydrogen-bond donors (Lipinski definition) is 1. The Morgan fingerprint density at radius 3 is 2.83 bits per heavy atom. The van der Waals surface area contributed by atoms with Crippen LogP contribution >= 0.6 is 11.3 Å². The van der Waals surface area contributed by atoms with Crippen LogP contribution in [0, 0.1) is 17.0 Å². The molecule has 2 aromatic rings. The zero-order chi connectivity index (χ0) is 13.1. The third-order valence-electron chi connectivity index (χ3n) is 2.52. The van der Waals surface area contributed by atoms with Gasteiger partial charge in [-0.1, -0.05) is 0 Å². The second-order valence-electron chi connectivity index (χ2n) is 3.95. The van der Waals surface area contributed by atoms with Gasteiger partial charge in [-0.2, -0.15) is 0 Å². The maximum atomic E-state index is 10.8. The molecule has 94 valence electrons. The lowest BCUT2D eigenvalue weighted by atomic mass is 10.2. The highest BCUT2D eigenvalue weighted by Gasteiger charge is 2.17. The Labute approximate surface area is 109 Å². The number of aromatic nitrogens is 1. The van der Waals surface area contributed by atoms with E-state index in [-0.39, 0.29) is 11.9 Å². The highest BCUT2D eigenvalue weighted by molar-refractivity contribution is 7.12. The lowest BCUT2D eigenvalue weighted by Gasteiger charge is -2.13. The summed E-state index contributed by atoms with van der Waals surface area (Å²) in [5, 5.41) is 14.0. The van der Waals surface area contributed by atoms with Gasteiger partial charge in [0.1, 0.15) is 11.9 Å². The van der Waals surface area contributed by atoms with Gasteiger partial charge in [-0.15, -0.1) is 11.3 Å². The first-order chi connectivity index (χ1) is 8.58. The van der Waals surface area contributed by atoms with Gasteiger partial charge in [-0.25, -0.2) is 0 Å². The van der Waals surface area contributed by atoms with Crippen LogP contribution in [-0.2, 0) is 0 Å². The Bertz CT molecular complexity index is 568. The maximum absolute atomic E-state index is 10.8. The van der Waals surface area contributed by atoms with E-state index in [1.807, 2.05) is 26.0 Å². The van der Waals surface area contributed by atoms with Gasteiger partial charge >= 0.3 is 5.82 Å². The fraction of sp³-hybridized carbons (Fsp3) is 0.250. The topological polar surface area (TPSA) is 68.1 Å². The van der Waals surface area contributed by atoms with E-state index < -0.39 is 4.92 Å². The second-order valence-corrected chi connectivity index (χ2v) is 5.27. The Hall–Kier alpha value is -1.95. The molecule has 0 fully saturated rings. The molecular formula is C12H13N3O2S. The van der Waals surface area contributed by atoms with Crippen molar-refractivity contribution in [2.45, 2.75) is 19.9 Å². The highest BCUT2D eigenvalue weighted by atomic mass is 32.1. The maximum Gasteiger partial charge on any atom is 0.386 e. The van der Waals surface area contributed by atoms with E-state index in [4.69, 9.17) is 0 Å². The van der Waals surface area contributed by atoms with Crippen LogP contribution in [-0.4, -0.2) is 9.91 Å². The number of hydrogen-bond acceptors (Lipinski definition) is 5. The minimum absolute atomic E-state index is 0.0200. The number of aryl methyl sites for hydroxylation is 1. The number of nitro groups is 1. The molecule has 0 aliphatic carbocycles. The van der Waals surface area contributed by atoms with E-state index in [0.29, 0.717) is 5.69 Å². The predicted molar refractivity (Wildman–Crippen MR) is 72.0 cm³/mol. The van der Waals surface area contributed by atoms with Crippen molar-refractivity contribution in [1.29, 1.82) is 0 Å². The molecule has 1 unspecified atom stereocenters. The Morgan fingerprint density at radius 1 is 1.44 bits per heavy atom. The summed E-state index contributed by atoms with van der Waals surface area (Å²) in [7, 11) is 0. The van der Waals surface area contributed by atoms with Crippen LogP contribution in [0.15, 0.2) is 30.5 Å². The van der Waals surface area contributed by atoms with Gasteiger partial charge in [0.15, 0.2) is 0 Å². The van der Waals surface area contributed by atoms with E-state index in [1.54, 1.807) is 23.5 Å². The number of pyridine rings is 1. The molecule has 0 radical (unpaired) electrons. The van der Waals surface area contributed by atoms with Crippen molar-refractivity contribution in [1.82, 2.24) is 4.98 Å². The average Bonchev–Trinajstić information content (AvgIpc) is 2.76. The fourth-order valence-corrected chi connectivity index (χ4v) is 2.53. The third kappa shape index (κ3) is 2.65. The second kappa shape index (κ2) is 5.14. The van der Waals surface area contributed by atoms with Crippen molar-refractivity contribution in [2.24, 2.45) is 0 Å². The number of rotatable bonds is 4. The Kier molecular flexibility index (Phi) is 3.57. The van der Waals surface area contributed by atoms with E-state index in [2.05, 4.69) is 10.3 Å². The standard InChI is InChI=1S/C12H13N3O2S/c1-8-5-6-11(18-8)9(2)14-10-4-3-7-13-12(10)15(16)17/h3-7,9,14H,1-2H3. The summed E-state index contributed by atoms with van der Waals surface area (Å²) < 4.78 is 0. The molecule has 0 amide bonds. The molecule has 6 heteroatoms. The van der Waals surface area contributed by atoms with Crippen LogP contribution in [0.25, 0.3) is 0 Å². The Morgan fingerprint density at radius 2 is 2.22 bits per heavy atom.